The standard InChI is InChI=1S/C15H16N2O3/c1-2-5-17(8-10-3-4-10)15(18)11-6-13-14(7-12(11)16)20-9-19-13/h1,6-7,10H,3-5,8-9,16H2. The molecule has 1 aromatic carbocycles. The number of carbonyl (C=O) groups excluding carboxylic acids is 1. The first kappa shape index (κ1) is 12.7. The van der Waals surface area contributed by atoms with E-state index in [9.17, 15) is 4.79 Å². The van der Waals surface area contributed by atoms with Crippen molar-refractivity contribution in [3.8, 4) is 23.8 Å². The Morgan fingerprint density at radius 1 is 1.40 bits per heavy atom. The van der Waals surface area contributed by atoms with Gasteiger partial charge in [-0.2, -0.15) is 0 Å². The Balaban J connectivity index is 1.86. The molecule has 0 spiro atoms. The molecule has 104 valence electrons. The normalized spacial score (nSPS) is 15.8. The lowest BCUT2D eigenvalue weighted by Crippen LogP contribution is -2.33. The van der Waals surface area contributed by atoms with E-state index in [4.69, 9.17) is 21.6 Å². The maximum absolute atomic E-state index is 12.6. The predicted molar refractivity (Wildman–Crippen MR) is 74.4 cm³/mol. The van der Waals surface area contributed by atoms with Crippen molar-refractivity contribution < 1.29 is 14.3 Å². The van der Waals surface area contributed by atoms with Crippen LogP contribution in [0.25, 0.3) is 0 Å². The van der Waals surface area contributed by atoms with Crippen LogP contribution in [0.2, 0.25) is 0 Å². The van der Waals surface area contributed by atoms with Crippen LogP contribution in [0, 0.1) is 18.3 Å². The first-order valence-corrected chi connectivity index (χ1v) is 6.61. The molecule has 0 bridgehead atoms. The van der Waals surface area contributed by atoms with Crippen molar-refractivity contribution in [3.05, 3.63) is 17.7 Å². The summed E-state index contributed by atoms with van der Waals surface area (Å²) in [6, 6.07) is 3.26. The second kappa shape index (κ2) is 4.97. The van der Waals surface area contributed by atoms with Crippen molar-refractivity contribution in [2.24, 2.45) is 5.92 Å². The molecule has 1 aliphatic carbocycles. The summed E-state index contributed by atoms with van der Waals surface area (Å²) in [7, 11) is 0. The van der Waals surface area contributed by atoms with Gasteiger partial charge >= 0.3 is 0 Å². The molecule has 5 heteroatoms. The number of nitrogens with zero attached hydrogens (tertiary/aromatic N) is 1. The van der Waals surface area contributed by atoms with Gasteiger partial charge in [0.1, 0.15) is 0 Å². The van der Waals surface area contributed by atoms with Crippen LogP contribution >= 0.6 is 0 Å². The highest BCUT2D eigenvalue weighted by Crippen LogP contribution is 2.37. The third kappa shape index (κ3) is 2.37. The van der Waals surface area contributed by atoms with Crippen molar-refractivity contribution >= 4 is 11.6 Å². The lowest BCUT2D eigenvalue weighted by molar-refractivity contribution is 0.0770. The number of hydrogen-bond donors (Lipinski definition) is 1. The molecular formula is C15H16N2O3. The Labute approximate surface area is 117 Å². The molecule has 0 aromatic heterocycles. The smallest absolute Gasteiger partial charge is 0.256 e. The van der Waals surface area contributed by atoms with E-state index in [0.717, 1.165) is 12.8 Å². The molecule has 1 aromatic rings. The fourth-order valence-electron chi connectivity index (χ4n) is 2.25. The summed E-state index contributed by atoms with van der Waals surface area (Å²) in [5.74, 6) is 4.08. The number of terminal acetylenes is 1. The van der Waals surface area contributed by atoms with Gasteiger partial charge in [-0.25, -0.2) is 0 Å². The molecule has 1 fully saturated rings. The van der Waals surface area contributed by atoms with Gasteiger partial charge in [0.05, 0.1) is 12.1 Å². The van der Waals surface area contributed by atoms with Crippen molar-refractivity contribution in [3.63, 3.8) is 0 Å². The van der Waals surface area contributed by atoms with Crippen LogP contribution in [0.4, 0.5) is 5.69 Å². The van der Waals surface area contributed by atoms with Gasteiger partial charge in [-0.05, 0) is 24.8 Å². The number of fused-ring (bicyclic) bond motifs is 1. The topological polar surface area (TPSA) is 64.8 Å². The van der Waals surface area contributed by atoms with E-state index in [0.29, 0.717) is 41.8 Å². The van der Waals surface area contributed by atoms with E-state index < -0.39 is 0 Å². The summed E-state index contributed by atoms with van der Waals surface area (Å²) in [6.07, 6.45) is 7.67. The maximum Gasteiger partial charge on any atom is 0.256 e. The molecule has 1 heterocycles. The Morgan fingerprint density at radius 2 is 2.10 bits per heavy atom. The molecular weight excluding hydrogens is 256 g/mol. The molecule has 0 unspecified atom stereocenters. The fourth-order valence-corrected chi connectivity index (χ4v) is 2.25. The molecule has 1 aliphatic heterocycles. The van der Waals surface area contributed by atoms with E-state index in [1.54, 1.807) is 17.0 Å². The van der Waals surface area contributed by atoms with Crippen LogP contribution in [0.5, 0.6) is 11.5 Å². The van der Waals surface area contributed by atoms with Crippen LogP contribution in [-0.4, -0.2) is 30.7 Å². The van der Waals surface area contributed by atoms with Crippen molar-refractivity contribution in [1.82, 2.24) is 4.90 Å². The number of rotatable bonds is 4. The van der Waals surface area contributed by atoms with Gasteiger partial charge in [0.15, 0.2) is 11.5 Å². The van der Waals surface area contributed by atoms with E-state index in [1.165, 1.54) is 0 Å². The summed E-state index contributed by atoms with van der Waals surface area (Å²) in [5, 5.41) is 0. The zero-order valence-electron chi connectivity index (χ0n) is 11.1. The summed E-state index contributed by atoms with van der Waals surface area (Å²) >= 11 is 0. The quantitative estimate of drug-likeness (QED) is 0.666. The second-order valence-electron chi connectivity index (χ2n) is 5.13. The summed E-state index contributed by atoms with van der Waals surface area (Å²) < 4.78 is 10.5. The van der Waals surface area contributed by atoms with Crippen molar-refractivity contribution in [2.75, 3.05) is 25.6 Å². The molecule has 1 amide bonds. The first-order chi connectivity index (χ1) is 9.69. The number of amides is 1. The lowest BCUT2D eigenvalue weighted by atomic mass is 10.1. The SMILES string of the molecule is C#CCN(CC1CC1)C(=O)c1cc2c(cc1N)OCO2. The van der Waals surface area contributed by atoms with Crippen LogP contribution in [0.3, 0.4) is 0 Å². The second-order valence-corrected chi connectivity index (χ2v) is 5.13. The van der Waals surface area contributed by atoms with Crippen LogP contribution < -0.4 is 15.2 Å². The average molecular weight is 272 g/mol. The van der Waals surface area contributed by atoms with E-state index >= 15 is 0 Å². The van der Waals surface area contributed by atoms with Gasteiger partial charge in [0, 0.05) is 18.3 Å². The highest BCUT2D eigenvalue weighted by molar-refractivity contribution is 6.00. The van der Waals surface area contributed by atoms with E-state index in [-0.39, 0.29) is 12.7 Å². The average Bonchev–Trinajstić information content (AvgIpc) is 3.13. The van der Waals surface area contributed by atoms with Crippen molar-refractivity contribution in [1.29, 1.82) is 0 Å². The number of nitrogens with two attached hydrogens (primary N) is 1. The molecule has 20 heavy (non-hydrogen) atoms. The van der Waals surface area contributed by atoms with E-state index in [2.05, 4.69) is 5.92 Å². The third-order valence-corrected chi connectivity index (χ3v) is 3.52. The molecule has 0 radical (unpaired) electrons. The predicted octanol–water partition coefficient (Wildman–Crippen LogP) is 1.48. The Hall–Kier alpha value is -2.35. The van der Waals surface area contributed by atoms with Crippen LogP contribution in [-0.2, 0) is 0 Å². The van der Waals surface area contributed by atoms with Crippen LogP contribution in [0.15, 0.2) is 12.1 Å². The van der Waals surface area contributed by atoms with Crippen LogP contribution in [0.1, 0.15) is 23.2 Å². The maximum atomic E-state index is 12.6. The highest BCUT2D eigenvalue weighted by Gasteiger charge is 2.28. The number of ether oxygens (including phenoxy) is 2. The van der Waals surface area contributed by atoms with E-state index in [1.807, 2.05) is 0 Å². The van der Waals surface area contributed by atoms with Gasteiger partial charge < -0.3 is 20.1 Å². The summed E-state index contributed by atoms with van der Waals surface area (Å²) in [6.45, 7) is 1.14. The number of anilines is 1. The van der Waals surface area contributed by atoms with Gasteiger partial charge in [0.25, 0.3) is 5.91 Å². The Bertz CT molecular complexity index is 588. The number of nitrogen functional groups attached to an aromatic ring is 1. The molecule has 0 saturated heterocycles. The molecule has 1 saturated carbocycles. The largest absolute Gasteiger partial charge is 0.454 e. The number of benzene rings is 1. The zero-order chi connectivity index (χ0) is 14.1. The molecule has 3 rings (SSSR count). The number of carbonyl (C=O) groups is 1. The van der Waals surface area contributed by atoms with Gasteiger partial charge in [0.2, 0.25) is 6.79 Å². The zero-order valence-corrected chi connectivity index (χ0v) is 11.1. The van der Waals surface area contributed by atoms with Crippen molar-refractivity contribution in [2.45, 2.75) is 12.8 Å². The number of hydrogen-bond acceptors (Lipinski definition) is 4. The lowest BCUT2D eigenvalue weighted by Gasteiger charge is -2.21. The third-order valence-electron chi connectivity index (χ3n) is 3.52. The minimum absolute atomic E-state index is 0.148. The van der Waals surface area contributed by atoms with Gasteiger partial charge in [-0.3, -0.25) is 4.79 Å². The minimum Gasteiger partial charge on any atom is -0.454 e. The minimum atomic E-state index is -0.148. The first-order valence-electron chi connectivity index (χ1n) is 6.61. The fraction of sp³-hybridized carbons (Fsp3) is 0.400. The summed E-state index contributed by atoms with van der Waals surface area (Å²) in [5.41, 5.74) is 6.75. The Kier molecular flexibility index (Phi) is 3.15. The van der Waals surface area contributed by atoms with Gasteiger partial charge in [-0.1, -0.05) is 5.92 Å². The van der Waals surface area contributed by atoms with Gasteiger partial charge in [-0.15, -0.1) is 6.42 Å². The molecule has 2 aliphatic rings. The monoisotopic (exact) mass is 272 g/mol. The Morgan fingerprint density at radius 3 is 2.75 bits per heavy atom. The highest BCUT2D eigenvalue weighted by atomic mass is 16.7. The molecule has 2 N–H and O–H groups in total. The summed E-state index contributed by atoms with van der Waals surface area (Å²) in [4.78, 5) is 14.2. The molecule has 0 atom stereocenters. The molecule has 5 nitrogen and oxygen atoms in total.